The normalized spacial score (nSPS) is 10.6. The van der Waals surface area contributed by atoms with Gasteiger partial charge in [-0.2, -0.15) is 0 Å². The van der Waals surface area contributed by atoms with E-state index in [4.69, 9.17) is 18.9 Å². The van der Waals surface area contributed by atoms with E-state index in [1.165, 1.54) is 4.88 Å². The molecule has 0 saturated heterocycles. The predicted octanol–water partition coefficient (Wildman–Crippen LogP) is 1.58. The summed E-state index contributed by atoms with van der Waals surface area (Å²) in [5.41, 5.74) is 1.06. The van der Waals surface area contributed by atoms with Crippen LogP contribution in [0, 0.1) is 13.8 Å². The molecule has 5 nitrogen and oxygen atoms in total. The zero-order valence-electron chi connectivity index (χ0n) is 12.5. The molecule has 0 N–H and O–H groups in total. The highest BCUT2D eigenvalue weighted by molar-refractivity contribution is 7.11. The molecule has 0 atom stereocenters. The Morgan fingerprint density at radius 3 is 1.95 bits per heavy atom. The molecule has 0 aliphatic rings. The van der Waals surface area contributed by atoms with Crippen molar-refractivity contribution in [1.82, 2.24) is 4.98 Å². The van der Waals surface area contributed by atoms with Gasteiger partial charge in [0, 0.05) is 15.5 Å². The Bertz CT molecular complexity index is 349. The number of aryl methyl sites for hydroxylation is 2. The maximum atomic E-state index is 5.54. The van der Waals surface area contributed by atoms with E-state index in [9.17, 15) is 0 Å². The quantitative estimate of drug-likeness (QED) is 0.459. The summed E-state index contributed by atoms with van der Waals surface area (Å²) in [6, 6.07) is 0. The number of methoxy groups -OCH3 is 1. The summed E-state index contributed by atoms with van der Waals surface area (Å²) in [5, 5.41) is 1.08. The highest BCUT2D eigenvalue weighted by Gasteiger charge is 2.04. The third-order valence-corrected chi connectivity index (χ3v) is 3.45. The number of nitrogens with zero attached hydrogens (tertiary/aromatic N) is 1. The third-order valence-electron chi connectivity index (χ3n) is 2.41. The second-order valence-electron chi connectivity index (χ2n) is 4.01. The monoisotopic (exact) mass is 300 g/mol. The molecule has 3 radical (unpaired) electrons. The largest absolute Gasteiger partial charge is 0.382 e. The first kappa shape index (κ1) is 19.5. The topological polar surface area (TPSA) is 49.8 Å². The van der Waals surface area contributed by atoms with Gasteiger partial charge in [-0.3, -0.25) is 0 Å². The van der Waals surface area contributed by atoms with Crippen LogP contribution in [0.2, 0.25) is 0 Å². The van der Waals surface area contributed by atoms with E-state index in [0.717, 1.165) is 10.7 Å². The first-order chi connectivity index (χ1) is 9.24. The first-order valence-electron chi connectivity index (χ1n) is 6.39. The average Bonchev–Trinajstić information content (AvgIpc) is 2.70. The lowest BCUT2D eigenvalue weighted by Crippen LogP contribution is -2.11. The van der Waals surface area contributed by atoms with Gasteiger partial charge in [0.15, 0.2) is 0 Å². The molecule has 20 heavy (non-hydrogen) atoms. The van der Waals surface area contributed by atoms with E-state index in [2.05, 4.69) is 4.98 Å². The zero-order valence-corrected chi connectivity index (χ0v) is 13.3. The van der Waals surface area contributed by atoms with Gasteiger partial charge in [-0.1, -0.05) is 0 Å². The number of thiazole rings is 1. The Kier molecular flexibility index (Phi) is 12.0. The molecule has 0 bridgehead atoms. The van der Waals surface area contributed by atoms with Crippen molar-refractivity contribution in [3.05, 3.63) is 15.6 Å². The Labute approximate surface area is 127 Å². The molecule has 1 heterocycles. The van der Waals surface area contributed by atoms with Gasteiger partial charge in [0.25, 0.3) is 0 Å². The molecular formula is C13H23BNO4S. The van der Waals surface area contributed by atoms with E-state index in [1.807, 2.05) is 13.8 Å². The van der Waals surface area contributed by atoms with Crippen LogP contribution >= 0.6 is 11.3 Å². The summed E-state index contributed by atoms with van der Waals surface area (Å²) in [4.78, 5) is 5.55. The Hall–Kier alpha value is -0.465. The number of aromatic nitrogens is 1. The van der Waals surface area contributed by atoms with Crippen molar-refractivity contribution < 1.29 is 18.9 Å². The molecule has 0 aliphatic carbocycles. The van der Waals surface area contributed by atoms with Crippen molar-refractivity contribution in [3.63, 3.8) is 0 Å². The van der Waals surface area contributed by atoms with Crippen molar-refractivity contribution in [2.75, 3.05) is 46.8 Å². The molecule has 0 aromatic carbocycles. The number of hydrogen-bond donors (Lipinski definition) is 0. The summed E-state index contributed by atoms with van der Waals surface area (Å²) in [5.74, 6) is 0. The number of rotatable bonds is 11. The van der Waals surface area contributed by atoms with Gasteiger partial charge >= 0.3 is 0 Å². The highest BCUT2D eigenvalue weighted by atomic mass is 32.1. The van der Waals surface area contributed by atoms with Crippen LogP contribution in [0.1, 0.15) is 15.6 Å². The lowest BCUT2D eigenvalue weighted by molar-refractivity contribution is 0.00113. The minimum absolute atomic E-state index is 0. The van der Waals surface area contributed by atoms with Crippen LogP contribution in [-0.2, 0) is 25.6 Å². The van der Waals surface area contributed by atoms with E-state index >= 15 is 0 Å². The van der Waals surface area contributed by atoms with E-state index in [0.29, 0.717) is 46.2 Å². The number of ether oxygens (including phenoxy) is 4. The molecule has 0 aliphatic heterocycles. The minimum Gasteiger partial charge on any atom is -0.382 e. The lowest BCUT2D eigenvalue weighted by Gasteiger charge is -2.06. The van der Waals surface area contributed by atoms with Gasteiger partial charge in [0.05, 0.1) is 61.8 Å². The molecule has 0 fully saturated rings. The van der Waals surface area contributed by atoms with Crippen LogP contribution in [-0.4, -0.2) is 60.1 Å². The molecule has 0 amide bonds. The van der Waals surface area contributed by atoms with Crippen LogP contribution in [0.4, 0.5) is 0 Å². The standard InChI is InChI=1S/C13H23NO4S.B/c1-11-13(19-12(2)14-11)10-18-9-8-17-7-6-16-5-4-15-3;/h4-10H2,1-3H3;. The molecule has 0 saturated carbocycles. The highest BCUT2D eigenvalue weighted by Crippen LogP contribution is 2.17. The first-order valence-corrected chi connectivity index (χ1v) is 7.20. The van der Waals surface area contributed by atoms with Crippen molar-refractivity contribution in [2.45, 2.75) is 20.5 Å². The predicted molar refractivity (Wildman–Crippen MR) is 80.5 cm³/mol. The molecule has 113 valence electrons. The van der Waals surface area contributed by atoms with E-state index in [-0.39, 0.29) is 8.41 Å². The van der Waals surface area contributed by atoms with Gasteiger partial charge in [-0.25, -0.2) is 4.98 Å². The van der Waals surface area contributed by atoms with Crippen molar-refractivity contribution in [2.24, 2.45) is 0 Å². The fraction of sp³-hybridized carbons (Fsp3) is 0.769. The van der Waals surface area contributed by atoms with Gasteiger partial charge in [0.1, 0.15) is 0 Å². The maximum absolute atomic E-state index is 5.54. The molecule has 7 heteroatoms. The SMILES string of the molecule is COCCOCCOCCOCc1sc(C)nc1C.[B]. The van der Waals surface area contributed by atoms with Crippen molar-refractivity contribution >= 4 is 19.7 Å². The molecular weight excluding hydrogens is 277 g/mol. The summed E-state index contributed by atoms with van der Waals surface area (Å²) >= 11 is 1.69. The van der Waals surface area contributed by atoms with E-state index in [1.54, 1.807) is 18.4 Å². The molecule has 0 unspecified atom stereocenters. The molecule has 1 aromatic rings. The summed E-state index contributed by atoms with van der Waals surface area (Å²) in [6.07, 6.45) is 0. The van der Waals surface area contributed by atoms with Crippen LogP contribution in [0.5, 0.6) is 0 Å². The smallest absolute Gasteiger partial charge is 0.0900 e. The number of hydrogen-bond acceptors (Lipinski definition) is 6. The van der Waals surface area contributed by atoms with Crippen molar-refractivity contribution in [1.29, 1.82) is 0 Å². The summed E-state index contributed by atoms with van der Waals surface area (Å²) in [6.45, 7) is 8.23. The fourth-order valence-corrected chi connectivity index (χ4v) is 2.33. The second-order valence-corrected chi connectivity index (χ2v) is 5.30. The average molecular weight is 300 g/mol. The molecule has 1 aromatic heterocycles. The van der Waals surface area contributed by atoms with E-state index < -0.39 is 0 Å². The van der Waals surface area contributed by atoms with Crippen LogP contribution in [0.25, 0.3) is 0 Å². The summed E-state index contributed by atoms with van der Waals surface area (Å²) in [7, 11) is 1.66. The minimum atomic E-state index is 0. The Morgan fingerprint density at radius 1 is 0.900 bits per heavy atom. The van der Waals surface area contributed by atoms with Crippen LogP contribution in [0.3, 0.4) is 0 Å². The Balaban J connectivity index is 0.00000361. The van der Waals surface area contributed by atoms with Gasteiger partial charge in [-0.15, -0.1) is 11.3 Å². The molecule has 0 spiro atoms. The van der Waals surface area contributed by atoms with Crippen LogP contribution in [0.15, 0.2) is 0 Å². The second kappa shape index (κ2) is 12.3. The van der Waals surface area contributed by atoms with Crippen LogP contribution < -0.4 is 0 Å². The van der Waals surface area contributed by atoms with Gasteiger partial charge in [0.2, 0.25) is 0 Å². The fourth-order valence-electron chi connectivity index (χ4n) is 1.45. The maximum Gasteiger partial charge on any atom is 0.0900 e. The molecule has 1 rings (SSSR count). The lowest BCUT2D eigenvalue weighted by atomic mass is 10.4. The zero-order chi connectivity index (χ0) is 13.9. The third kappa shape index (κ3) is 8.66. The summed E-state index contributed by atoms with van der Waals surface area (Å²) < 4.78 is 21.1. The Morgan fingerprint density at radius 2 is 1.45 bits per heavy atom. The van der Waals surface area contributed by atoms with Crippen molar-refractivity contribution in [3.8, 4) is 0 Å². The van der Waals surface area contributed by atoms with Gasteiger partial charge in [-0.05, 0) is 13.8 Å². The van der Waals surface area contributed by atoms with Gasteiger partial charge < -0.3 is 18.9 Å².